The molecule has 3 heterocycles. The van der Waals surface area contributed by atoms with E-state index in [0.717, 1.165) is 25.2 Å². The fourth-order valence-electron chi connectivity index (χ4n) is 4.29. The van der Waals surface area contributed by atoms with Crippen molar-refractivity contribution in [3.8, 4) is 5.75 Å². The van der Waals surface area contributed by atoms with E-state index in [9.17, 15) is 0 Å². The molecule has 4 atom stereocenters. The Balaban J connectivity index is 1.68. The molecule has 2 bridgehead atoms. The molecule has 0 amide bonds. The molecule has 0 spiro atoms. The first kappa shape index (κ1) is 12.7. The summed E-state index contributed by atoms with van der Waals surface area (Å²) in [4.78, 5) is 0. The molecule has 3 aliphatic rings. The van der Waals surface area contributed by atoms with Gasteiger partial charge in [0.1, 0.15) is 5.75 Å². The van der Waals surface area contributed by atoms with Crippen LogP contribution in [0.1, 0.15) is 42.9 Å². The van der Waals surface area contributed by atoms with Crippen molar-refractivity contribution in [1.29, 1.82) is 0 Å². The van der Waals surface area contributed by atoms with Gasteiger partial charge in [0.25, 0.3) is 0 Å². The number of hydrogen-bond donors (Lipinski definition) is 1. The van der Waals surface area contributed by atoms with Crippen LogP contribution in [0.5, 0.6) is 5.75 Å². The number of nitrogens with one attached hydrogen (secondary N) is 1. The number of fused-ring (bicyclic) bond motifs is 3. The summed E-state index contributed by atoms with van der Waals surface area (Å²) in [5.74, 6) is 1.73. The van der Waals surface area contributed by atoms with Gasteiger partial charge in [0.15, 0.2) is 0 Å². The maximum atomic E-state index is 6.05. The summed E-state index contributed by atoms with van der Waals surface area (Å²) in [5, 5.41) is 3.54. The molecule has 2 fully saturated rings. The quantitative estimate of drug-likeness (QED) is 0.918. The molecule has 1 aromatic rings. The van der Waals surface area contributed by atoms with Crippen molar-refractivity contribution in [2.45, 2.75) is 50.4 Å². The molecule has 0 aromatic heterocycles. The Morgan fingerprint density at radius 3 is 3.00 bits per heavy atom. The molecule has 2 saturated heterocycles. The van der Waals surface area contributed by atoms with Gasteiger partial charge < -0.3 is 14.8 Å². The number of rotatable bonds is 3. The fraction of sp³-hybridized carbons (Fsp3) is 0.647. The van der Waals surface area contributed by atoms with Crippen LogP contribution >= 0.6 is 0 Å². The van der Waals surface area contributed by atoms with Gasteiger partial charge >= 0.3 is 0 Å². The summed E-state index contributed by atoms with van der Waals surface area (Å²) in [6, 6.07) is 6.99. The van der Waals surface area contributed by atoms with Crippen LogP contribution in [0, 0.1) is 5.92 Å². The van der Waals surface area contributed by atoms with E-state index in [2.05, 4.69) is 30.6 Å². The zero-order valence-corrected chi connectivity index (χ0v) is 12.1. The Morgan fingerprint density at radius 1 is 1.30 bits per heavy atom. The largest absolute Gasteiger partial charge is 0.493 e. The number of benzene rings is 1. The van der Waals surface area contributed by atoms with E-state index >= 15 is 0 Å². The lowest BCUT2D eigenvalue weighted by Gasteiger charge is -2.31. The van der Waals surface area contributed by atoms with Crippen molar-refractivity contribution < 1.29 is 9.47 Å². The van der Waals surface area contributed by atoms with Gasteiger partial charge in [0.2, 0.25) is 0 Å². The summed E-state index contributed by atoms with van der Waals surface area (Å²) in [6.07, 6.45) is 6.90. The fourth-order valence-corrected chi connectivity index (χ4v) is 4.29. The molecule has 4 unspecified atom stereocenters. The maximum absolute atomic E-state index is 6.05. The van der Waals surface area contributed by atoms with Gasteiger partial charge in [0.05, 0.1) is 18.8 Å². The Morgan fingerprint density at radius 2 is 2.25 bits per heavy atom. The minimum atomic E-state index is 0.360. The molecule has 3 aliphatic heterocycles. The highest BCUT2D eigenvalue weighted by atomic mass is 16.5. The van der Waals surface area contributed by atoms with Crippen LogP contribution < -0.4 is 10.1 Å². The molecule has 20 heavy (non-hydrogen) atoms. The minimum Gasteiger partial charge on any atom is -0.493 e. The van der Waals surface area contributed by atoms with Gasteiger partial charge in [0, 0.05) is 17.5 Å². The van der Waals surface area contributed by atoms with Crippen LogP contribution in [-0.2, 0) is 11.2 Å². The van der Waals surface area contributed by atoms with E-state index in [1.807, 2.05) is 0 Å². The second-order valence-corrected chi connectivity index (χ2v) is 6.33. The van der Waals surface area contributed by atoms with Gasteiger partial charge in [-0.1, -0.05) is 18.2 Å². The number of aryl methyl sites for hydroxylation is 1. The Kier molecular flexibility index (Phi) is 3.20. The molecule has 1 aromatic carbocycles. The SMILES string of the molecule is CNC(c1cccc2c1OCCC2)C1CC2CCC1O2. The van der Waals surface area contributed by atoms with Crippen molar-refractivity contribution in [3.63, 3.8) is 0 Å². The first-order valence-corrected chi connectivity index (χ1v) is 7.94. The Hall–Kier alpha value is -1.06. The monoisotopic (exact) mass is 273 g/mol. The van der Waals surface area contributed by atoms with Crippen LogP contribution in [0.15, 0.2) is 18.2 Å². The van der Waals surface area contributed by atoms with Gasteiger partial charge in [-0.25, -0.2) is 0 Å². The van der Waals surface area contributed by atoms with E-state index in [0.29, 0.717) is 24.2 Å². The van der Waals surface area contributed by atoms with E-state index in [1.165, 1.54) is 30.4 Å². The second-order valence-electron chi connectivity index (χ2n) is 6.33. The highest BCUT2D eigenvalue weighted by Gasteiger charge is 2.45. The van der Waals surface area contributed by atoms with Gasteiger partial charge in [-0.15, -0.1) is 0 Å². The number of hydrogen-bond acceptors (Lipinski definition) is 3. The first-order valence-electron chi connectivity index (χ1n) is 7.94. The number of ether oxygens (including phenoxy) is 2. The summed E-state index contributed by atoms with van der Waals surface area (Å²) >= 11 is 0. The van der Waals surface area contributed by atoms with E-state index < -0.39 is 0 Å². The van der Waals surface area contributed by atoms with Crippen molar-refractivity contribution in [2.75, 3.05) is 13.7 Å². The standard InChI is InChI=1S/C17H23NO2/c1-18-16(14-10-12-7-8-15(14)20-12)13-6-2-4-11-5-3-9-19-17(11)13/h2,4,6,12,14-16,18H,3,5,7-10H2,1H3. The summed E-state index contributed by atoms with van der Waals surface area (Å²) in [7, 11) is 2.07. The Labute approximate surface area is 120 Å². The van der Waals surface area contributed by atoms with Crippen molar-refractivity contribution in [3.05, 3.63) is 29.3 Å². The lowest BCUT2D eigenvalue weighted by Crippen LogP contribution is -2.32. The maximum Gasteiger partial charge on any atom is 0.127 e. The smallest absolute Gasteiger partial charge is 0.127 e. The third-order valence-corrected chi connectivity index (χ3v) is 5.19. The van der Waals surface area contributed by atoms with Crippen molar-refractivity contribution in [1.82, 2.24) is 5.32 Å². The zero-order valence-electron chi connectivity index (χ0n) is 12.1. The zero-order chi connectivity index (χ0) is 13.5. The molecule has 0 saturated carbocycles. The van der Waals surface area contributed by atoms with Crippen molar-refractivity contribution in [2.24, 2.45) is 5.92 Å². The lowest BCUT2D eigenvalue weighted by atomic mass is 9.80. The summed E-state index contributed by atoms with van der Waals surface area (Å²) < 4.78 is 12.0. The Bertz CT molecular complexity index is 502. The normalized spacial score (nSPS) is 32.8. The molecular formula is C17H23NO2. The van der Waals surface area contributed by atoms with Crippen LogP contribution in [0.4, 0.5) is 0 Å². The van der Waals surface area contributed by atoms with Crippen LogP contribution in [0.3, 0.4) is 0 Å². The third kappa shape index (κ3) is 1.95. The average molecular weight is 273 g/mol. The lowest BCUT2D eigenvalue weighted by molar-refractivity contribution is 0.0860. The van der Waals surface area contributed by atoms with Crippen LogP contribution in [-0.4, -0.2) is 25.9 Å². The van der Waals surface area contributed by atoms with Crippen LogP contribution in [0.25, 0.3) is 0 Å². The van der Waals surface area contributed by atoms with Gasteiger partial charge in [-0.3, -0.25) is 0 Å². The minimum absolute atomic E-state index is 0.360. The highest BCUT2D eigenvalue weighted by Crippen LogP contribution is 2.46. The molecular weight excluding hydrogens is 250 g/mol. The third-order valence-electron chi connectivity index (χ3n) is 5.19. The average Bonchev–Trinajstić information content (AvgIpc) is 3.11. The molecule has 3 heteroatoms. The number of para-hydroxylation sites is 1. The van der Waals surface area contributed by atoms with E-state index in [4.69, 9.17) is 9.47 Å². The molecule has 4 rings (SSSR count). The molecule has 0 radical (unpaired) electrons. The first-order chi connectivity index (χ1) is 9.86. The summed E-state index contributed by atoms with van der Waals surface area (Å²) in [6.45, 7) is 0.855. The van der Waals surface area contributed by atoms with Gasteiger partial charge in [-0.05, 0) is 44.7 Å². The van der Waals surface area contributed by atoms with E-state index in [-0.39, 0.29) is 0 Å². The second kappa shape index (κ2) is 5.05. The van der Waals surface area contributed by atoms with Crippen molar-refractivity contribution >= 4 is 0 Å². The predicted octanol–water partition coefficient (Wildman–Crippen LogP) is 2.84. The van der Waals surface area contributed by atoms with Crippen LogP contribution in [0.2, 0.25) is 0 Å². The molecule has 108 valence electrons. The van der Waals surface area contributed by atoms with E-state index in [1.54, 1.807) is 0 Å². The molecule has 3 nitrogen and oxygen atoms in total. The summed E-state index contributed by atoms with van der Waals surface area (Å²) in [5.41, 5.74) is 2.71. The topological polar surface area (TPSA) is 30.5 Å². The van der Waals surface area contributed by atoms with Gasteiger partial charge in [-0.2, -0.15) is 0 Å². The predicted molar refractivity (Wildman–Crippen MR) is 78.1 cm³/mol. The molecule has 1 N–H and O–H groups in total. The highest BCUT2D eigenvalue weighted by molar-refractivity contribution is 5.45. The molecule has 0 aliphatic carbocycles.